The predicted octanol–water partition coefficient (Wildman–Crippen LogP) is 5.80. The minimum atomic E-state index is -4.73. The van der Waals surface area contributed by atoms with Crippen molar-refractivity contribution in [3.63, 3.8) is 0 Å². The Morgan fingerprint density at radius 2 is 1.74 bits per heavy atom. The average Bonchev–Trinajstić information content (AvgIpc) is 2.77. The van der Waals surface area contributed by atoms with Gasteiger partial charge in [-0.3, -0.25) is 4.79 Å². The monoisotopic (exact) mass is 477 g/mol. The molecule has 0 N–H and O–H groups in total. The van der Waals surface area contributed by atoms with E-state index in [0.29, 0.717) is 12.1 Å². The van der Waals surface area contributed by atoms with E-state index in [1.807, 2.05) is 0 Å². The van der Waals surface area contributed by atoms with Crippen molar-refractivity contribution in [2.45, 2.75) is 12.2 Å². The molecule has 0 aliphatic carbocycles. The Morgan fingerprint density at radius 1 is 1.03 bits per heavy atom. The number of fused-ring (bicyclic) bond motifs is 1. The molecular formula is C23H13F6N3O2. The summed E-state index contributed by atoms with van der Waals surface area (Å²) in [4.78, 5) is 19.7. The number of hydrogen-bond donors (Lipinski definition) is 0. The van der Waals surface area contributed by atoms with E-state index in [0.717, 1.165) is 30.7 Å². The number of benzene rings is 2. The molecule has 0 saturated heterocycles. The maximum atomic E-state index is 14.4. The van der Waals surface area contributed by atoms with Crippen LogP contribution in [0, 0.1) is 17.5 Å². The maximum Gasteiger partial charge on any atom is 0.421 e. The summed E-state index contributed by atoms with van der Waals surface area (Å²) >= 11 is 0. The van der Waals surface area contributed by atoms with Gasteiger partial charge in [0, 0.05) is 18.3 Å². The molecule has 4 rings (SSSR count). The first-order chi connectivity index (χ1) is 16.1. The van der Waals surface area contributed by atoms with Crippen LogP contribution in [0.5, 0.6) is 11.6 Å². The molecule has 4 aromatic rings. The molecule has 0 unspecified atom stereocenters. The molecule has 0 spiro atoms. The quantitative estimate of drug-likeness (QED) is 0.270. The van der Waals surface area contributed by atoms with Crippen molar-refractivity contribution in [3.8, 4) is 11.6 Å². The molecule has 5 nitrogen and oxygen atoms in total. The Kier molecular flexibility index (Phi) is 5.86. The molecule has 0 amide bonds. The Morgan fingerprint density at radius 3 is 2.38 bits per heavy atom. The second kappa shape index (κ2) is 8.65. The van der Waals surface area contributed by atoms with E-state index in [9.17, 15) is 31.1 Å². The zero-order valence-electron chi connectivity index (χ0n) is 17.0. The molecular weight excluding hydrogens is 464 g/mol. The van der Waals surface area contributed by atoms with Gasteiger partial charge in [0.05, 0.1) is 22.5 Å². The van der Waals surface area contributed by atoms with Crippen LogP contribution in [-0.4, -0.2) is 14.5 Å². The zero-order valence-corrected chi connectivity index (χ0v) is 17.0. The van der Waals surface area contributed by atoms with Crippen molar-refractivity contribution < 1.29 is 31.1 Å². The molecule has 11 heteroatoms. The van der Waals surface area contributed by atoms with Gasteiger partial charge in [-0.05, 0) is 30.3 Å². The number of hydrogen-bond acceptors (Lipinski definition) is 4. The summed E-state index contributed by atoms with van der Waals surface area (Å²) in [6.45, 7) is 3.56. The lowest BCUT2D eigenvalue weighted by Gasteiger charge is -2.20. The lowest BCUT2D eigenvalue weighted by Crippen LogP contribution is -2.18. The molecule has 0 bridgehead atoms. The Hall–Kier alpha value is -4.15. The van der Waals surface area contributed by atoms with Crippen molar-refractivity contribution in [3.05, 3.63) is 107 Å². The molecule has 1 atom stereocenters. The van der Waals surface area contributed by atoms with Crippen LogP contribution in [0.4, 0.5) is 26.3 Å². The normalized spacial score (nSPS) is 12.5. The summed E-state index contributed by atoms with van der Waals surface area (Å²) in [6.07, 6.45) is -1.42. The van der Waals surface area contributed by atoms with E-state index in [4.69, 9.17) is 4.74 Å². The highest BCUT2D eigenvalue weighted by molar-refractivity contribution is 5.80. The third kappa shape index (κ3) is 4.24. The second-order valence-corrected chi connectivity index (χ2v) is 7.06. The van der Waals surface area contributed by atoms with Crippen LogP contribution in [-0.2, 0) is 6.18 Å². The third-order valence-corrected chi connectivity index (χ3v) is 4.93. The van der Waals surface area contributed by atoms with E-state index in [1.54, 1.807) is 0 Å². The van der Waals surface area contributed by atoms with Crippen LogP contribution in [0.15, 0.2) is 72.4 Å². The predicted molar refractivity (Wildman–Crippen MR) is 110 cm³/mol. The first-order valence-corrected chi connectivity index (χ1v) is 9.58. The number of aromatic nitrogens is 3. The fourth-order valence-electron chi connectivity index (χ4n) is 3.45. The van der Waals surface area contributed by atoms with Crippen LogP contribution in [0.3, 0.4) is 0 Å². The molecule has 2 aromatic heterocycles. The van der Waals surface area contributed by atoms with Crippen LogP contribution in [0.25, 0.3) is 10.9 Å². The lowest BCUT2D eigenvalue weighted by molar-refractivity contribution is -0.138. The fraction of sp³-hybridized carbons (Fsp3) is 0.0870. The first kappa shape index (κ1) is 23.0. The average molecular weight is 477 g/mol. The van der Waals surface area contributed by atoms with E-state index >= 15 is 0 Å². The van der Waals surface area contributed by atoms with Gasteiger partial charge >= 0.3 is 6.18 Å². The summed E-state index contributed by atoms with van der Waals surface area (Å²) < 4.78 is 88.3. The smallest absolute Gasteiger partial charge is 0.421 e. The largest absolute Gasteiger partial charge is 0.438 e. The third-order valence-electron chi connectivity index (χ3n) is 4.93. The lowest BCUT2D eigenvalue weighted by atomic mass is 10.0. The molecule has 174 valence electrons. The van der Waals surface area contributed by atoms with E-state index < -0.39 is 52.2 Å². The summed E-state index contributed by atoms with van der Waals surface area (Å²) in [6, 6.07) is 5.36. The molecule has 0 radical (unpaired) electrons. The van der Waals surface area contributed by atoms with E-state index in [2.05, 4.69) is 16.5 Å². The fourth-order valence-corrected chi connectivity index (χ4v) is 3.45. The summed E-state index contributed by atoms with van der Waals surface area (Å²) in [5, 5.41) is -0.112. The topological polar surface area (TPSA) is 57.0 Å². The van der Waals surface area contributed by atoms with Gasteiger partial charge in [-0.15, -0.1) is 6.58 Å². The highest BCUT2D eigenvalue weighted by Crippen LogP contribution is 2.37. The van der Waals surface area contributed by atoms with Crippen LogP contribution in [0.2, 0.25) is 0 Å². The standard InChI is InChI=1S/C23H13F6N3O2/c1-2-18(20-16(25)8-12(24)9-17(20)26)32-11-31-21(33)14-10-13(5-6-19(14)32)34-22-15(23(27,28)29)4-3-7-30-22/h2-11,18H,1H2/t18-/m1/s1. The van der Waals surface area contributed by atoms with Crippen LogP contribution in [0.1, 0.15) is 17.2 Å². The highest BCUT2D eigenvalue weighted by Gasteiger charge is 2.35. The number of ether oxygens (including phenoxy) is 1. The zero-order chi connectivity index (χ0) is 24.6. The number of rotatable bonds is 5. The van der Waals surface area contributed by atoms with Crippen molar-refractivity contribution in [1.82, 2.24) is 14.5 Å². The number of allylic oxidation sites excluding steroid dienone is 1. The van der Waals surface area contributed by atoms with Crippen LogP contribution >= 0.6 is 0 Å². The Bertz CT molecular complexity index is 1440. The van der Waals surface area contributed by atoms with Gasteiger partial charge in [-0.1, -0.05) is 6.08 Å². The van der Waals surface area contributed by atoms with Crippen LogP contribution < -0.4 is 10.3 Å². The molecule has 0 saturated carbocycles. The summed E-state index contributed by atoms with van der Waals surface area (Å²) in [7, 11) is 0. The van der Waals surface area contributed by atoms with Crippen molar-refractivity contribution in [2.24, 2.45) is 0 Å². The maximum absolute atomic E-state index is 14.4. The Balaban J connectivity index is 1.83. The molecule has 2 aromatic carbocycles. The molecule has 2 heterocycles. The number of alkyl halides is 3. The van der Waals surface area contributed by atoms with Crippen molar-refractivity contribution in [2.75, 3.05) is 0 Å². The highest BCUT2D eigenvalue weighted by atomic mass is 19.4. The van der Waals surface area contributed by atoms with Crippen molar-refractivity contribution in [1.29, 1.82) is 0 Å². The minimum Gasteiger partial charge on any atom is -0.438 e. The summed E-state index contributed by atoms with van der Waals surface area (Å²) in [5.74, 6) is -4.34. The van der Waals surface area contributed by atoms with Crippen molar-refractivity contribution >= 4 is 10.9 Å². The molecule has 0 aliphatic heterocycles. The molecule has 34 heavy (non-hydrogen) atoms. The van der Waals surface area contributed by atoms with Gasteiger partial charge in [0.2, 0.25) is 5.88 Å². The van der Waals surface area contributed by atoms with Gasteiger partial charge in [0.25, 0.3) is 5.56 Å². The van der Waals surface area contributed by atoms with Gasteiger partial charge in [-0.25, -0.2) is 18.2 Å². The molecule has 0 fully saturated rings. The first-order valence-electron chi connectivity index (χ1n) is 9.58. The van der Waals surface area contributed by atoms with Gasteiger partial charge in [-0.2, -0.15) is 18.2 Å². The Labute approximate surface area is 187 Å². The molecule has 0 aliphatic rings. The second-order valence-electron chi connectivity index (χ2n) is 7.06. The minimum absolute atomic E-state index is 0.112. The number of pyridine rings is 1. The van der Waals surface area contributed by atoms with E-state index in [-0.39, 0.29) is 16.7 Å². The van der Waals surface area contributed by atoms with Gasteiger partial charge in [0.1, 0.15) is 35.1 Å². The van der Waals surface area contributed by atoms with Gasteiger partial charge < -0.3 is 9.30 Å². The number of nitrogens with zero attached hydrogens (tertiary/aromatic N) is 3. The van der Waals surface area contributed by atoms with E-state index in [1.165, 1.54) is 22.8 Å². The summed E-state index contributed by atoms with van der Waals surface area (Å²) in [5.41, 5.74) is -2.30. The SMILES string of the molecule is C=C[C@H](c1c(F)cc(F)cc1F)n1cnc(=O)c2cc(Oc3ncccc3C(F)(F)F)ccc21. The van der Waals surface area contributed by atoms with Gasteiger partial charge in [0.15, 0.2) is 0 Å². The number of halogens is 6.